The first kappa shape index (κ1) is 11.5. The van der Waals surface area contributed by atoms with Crippen LogP contribution in [0.4, 0.5) is 0 Å². The van der Waals surface area contributed by atoms with Gasteiger partial charge >= 0.3 is 5.97 Å². The van der Waals surface area contributed by atoms with Gasteiger partial charge in [0.15, 0.2) is 0 Å². The Labute approximate surface area is 85.6 Å². The molecule has 14 heavy (non-hydrogen) atoms. The smallest absolute Gasteiger partial charge is 0.322 e. The Morgan fingerprint density at radius 2 is 2.29 bits per heavy atom. The van der Waals surface area contributed by atoms with E-state index in [0.717, 1.165) is 19.0 Å². The normalized spacial score (nSPS) is 18.3. The lowest BCUT2D eigenvalue weighted by molar-refractivity contribution is -0.143. The number of carbonyl (C=O) groups is 1. The van der Waals surface area contributed by atoms with E-state index in [-0.39, 0.29) is 12.0 Å². The average molecular weight is 200 g/mol. The van der Waals surface area contributed by atoms with Crippen LogP contribution in [0.2, 0.25) is 0 Å². The molecule has 1 aliphatic carbocycles. The van der Waals surface area contributed by atoms with Crippen LogP contribution in [-0.2, 0) is 9.53 Å². The molecule has 0 heterocycles. The van der Waals surface area contributed by atoms with Gasteiger partial charge in [0.25, 0.3) is 0 Å². The second-order valence-corrected chi connectivity index (χ2v) is 3.86. The molecule has 0 bridgehead atoms. The standard InChI is InChI=1S/C10H20N2O2/c1-11-9(10(13)14-3)6-7-12(2)8-4-5-8/h8-9,11H,4-7H2,1-3H3. The molecular formula is C10H20N2O2. The number of carbonyl (C=O) groups excluding carboxylic acids is 1. The third-order valence-electron chi connectivity index (χ3n) is 2.77. The van der Waals surface area contributed by atoms with E-state index in [1.807, 2.05) is 0 Å². The number of rotatable bonds is 6. The number of nitrogens with zero attached hydrogens (tertiary/aromatic N) is 1. The van der Waals surface area contributed by atoms with Crippen molar-refractivity contribution in [2.45, 2.75) is 31.3 Å². The van der Waals surface area contributed by atoms with Crippen LogP contribution in [0.5, 0.6) is 0 Å². The minimum Gasteiger partial charge on any atom is -0.468 e. The quantitative estimate of drug-likeness (QED) is 0.623. The van der Waals surface area contributed by atoms with Crippen molar-refractivity contribution < 1.29 is 9.53 Å². The molecule has 0 amide bonds. The van der Waals surface area contributed by atoms with E-state index in [2.05, 4.69) is 17.3 Å². The first-order valence-electron chi connectivity index (χ1n) is 5.14. The number of esters is 1. The van der Waals surface area contributed by atoms with Gasteiger partial charge < -0.3 is 15.0 Å². The molecule has 82 valence electrons. The summed E-state index contributed by atoms with van der Waals surface area (Å²) in [5.74, 6) is -0.170. The Bertz CT molecular complexity index is 193. The number of nitrogens with one attached hydrogen (secondary N) is 1. The molecule has 4 heteroatoms. The Balaban J connectivity index is 2.22. The van der Waals surface area contributed by atoms with Crippen molar-refractivity contribution in [1.29, 1.82) is 0 Å². The van der Waals surface area contributed by atoms with Crippen LogP contribution in [0.25, 0.3) is 0 Å². The number of methoxy groups -OCH3 is 1. The van der Waals surface area contributed by atoms with E-state index < -0.39 is 0 Å². The summed E-state index contributed by atoms with van der Waals surface area (Å²) in [4.78, 5) is 13.6. The lowest BCUT2D eigenvalue weighted by Gasteiger charge is -2.19. The highest BCUT2D eigenvalue weighted by Crippen LogP contribution is 2.25. The zero-order valence-corrected chi connectivity index (χ0v) is 9.25. The first-order valence-corrected chi connectivity index (χ1v) is 5.14. The highest BCUT2D eigenvalue weighted by molar-refractivity contribution is 5.75. The van der Waals surface area contributed by atoms with Crippen molar-refractivity contribution in [3.63, 3.8) is 0 Å². The molecule has 4 nitrogen and oxygen atoms in total. The summed E-state index contributed by atoms with van der Waals surface area (Å²) in [7, 11) is 5.33. The summed E-state index contributed by atoms with van der Waals surface area (Å²) >= 11 is 0. The van der Waals surface area contributed by atoms with Crippen molar-refractivity contribution in [3.8, 4) is 0 Å². The van der Waals surface area contributed by atoms with Gasteiger partial charge in [-0.2, -0.15) is 0 Å². The van der Waals surface area contributed by atoms with Gasteiger partial charge in [-0.25, -0.2) is 0 Å². The molecule has 1 rings (SSSR count). The average Bonchev–Trinajstić information content (AvgIpc) is 3.01. The third kappa shape index (κ3) is 3.27. The molecule has 0 aromatic heterocycles. The van der Waals surface area contributed by atoms with Gasteiger partial charge in [-0.3, -0.25) is 4.79 Å². The maximum atomic E-state index is 11.2. The van der Waals surface area contributed by atoms with Gasteiger partial charge in [-0.05, 0) is 33.4 Å². The second-order valence-electron chi connectivity index (χ2n) is 3.86. The second kappa shape index (κ2) is 5.32. The van der Waals surface area contributed by atoms with Gasteiger partial charge in [0.05, 0.1) is 7.11 Å². The monoisotopic (exact) mass is 200 g/mol. The van der Waals surface area contributed by atoms with Crippen molar-refractivity contribution in [2.75, 3.05) is 27.7 Å². The molecule has 1 aliphatic rings. The molecular weight excluding hydrogens is 180 g/mol. The van der Waals surface area contributed by atoms with Crippen molar-refractivity contribution in [2.24, 2.45) is 0 Å². The molecule has 0 aromatic carbocycles. The predicted octanol–water partition coefficient (Wildman–Crippen LogP) is 0.232. The van der Waals surface area contributed by atoms with Crippen LogP contribution in [-0.4, -0.2) is 50.7 Å². The van der Waals surface area contributed by atoms with Gasteiger partial charge in [-0.15, -0.1) is 0 Å². The maximum Gasteiger partial charge on any atom is 0.322 e. The summed E-state index contributed by atoms with van der Waals surface area (Å²) in [6.07, 6.45) is 3.42. The fraction of sp³-hybridized carbons (Fsp3) is 0.900. The fourth-order valence-electron chi connectivity index (χ4n) is 1.55. The van der Waals surface area contributed by atoms with Crippen molar-refractivity contribution in [3.05, 3.63) is 0 Å². The Morgan fingerprint density at radius 3 is 2.71 bits per heavy atom. The molecule has 1 fully saturated rings. The summed E-state index contributed by atoms with van der Waals surface area (Å²) in [6, 6.07) is 0.589. The molecule has 1 atom stereocenters. The maximum absolute atomic E-state index is 11.2. The van der Waals surface area contributed by atoms with E-state index >= 15 is 0 Å². The van der Waals surface area contributed by atoms with Gasteiger partial charge in [-0.1, -0.05) is 0 Å². The summed E-state index contributed by atoms with van der Waals surface area (Å²) in [5.41, 5.74) is 0. The Morgan fingerprint density at radius 1 is 1.64 bits per heavy atom. The van der Waals surface area contributed by atoms with E-state index in [1.165, 1.54) is 20.0 Å². The van der Waals surface area contributed by atoms with E-state index in [1.54, 1.807) is 7.05 Å². The molecule has 1 saturated carbocycles. The fourth-order valence-corrected chi connectivity index (χ4v) is 1.55. The van der Waals surface area contributed by atoms with Crippen LogP contribution < -0.4 is 5.32 Å². The number of ether oxygens (including phenoxy) is 1. The van der Waals surface area contributed by atoms with Gasteiger partial charge in [0.1, 0.15) is 6.04 Å². The highest BCUT2D eigenvalue weighted by Gasteiger charge is 2.27. The van der Waals surface area contributed by atoms with Gasteiger partial charge in [0, 0.05) is 12.6 Å². The van der Waals surface area contributed by atoms with Crippen LogP contribution >= 0.6 is 0 Å². The Kier molecular flexibility index (Phi) is 4.35. The van der Waals surface area contributed by atoms with Crippen LogP contribution in [0.3, 0.4) is 0 Å². The van der Waals surface area contributed by atoms with E-state index in [0.29, 0.717) is 0 Å². The van der Waals surface area contributed by atoms with Crippen molar-refractivity contribution >= 4 is 5.97 Å². The zero-order valence-electron chi connectivity index (χ0n) is 9.25. The van der Waals surface area contributed by atoms with Gasteiger partial charge in [0.2, 0.25) is 0 Å². The topological polar surface area (TPSA) is 41.6 Å². The number of likely N-dealkylation sites (N-methyl/N-ethyl adjacent to an activating group) is 1. The molecule has 1 N–H and O–H groups in total. The molecule has 1 unspecified atom stereocenters. The molecule has 0 radical (unpaired) electrons. The zero-order chi connectivity index (χ0) is 10.6. The molecule has 0 spiro atoms. The Hall–Kier alpha value is -0.610. The predicted molar refractivity (Wildman–Crippen MR) is 55.1 cm³/mol. The van der Waals surface area contributed by atoms with E-state index in [9.17, 15) is 4.79 Å². The van der Waals surface area contributed by atoms with Crippen LogP contribution in [0.15, 0.2) is 0 Å². The number of hydrogen-bond donors (Lipinski definition) is 1. The SMILES string of the molecule is CNC(CCN(C)C1CC1)C(=O)OC. The number of hydrogen-bond acceptors (Lipinski definition) is 4. The van der Waals surface area contributed by atoms with Crippen molar-refractivity contribution in [1.82, 2.24) is 10.2 Å². The molecule has 0 aliphatic heterocycles. The largest absolute Gasteiger partial charge is 0.468 e. The minimum atomic E-state index is -0.170. The molecule has 0 saturated heterocycles. The summed E-state index contributed by atoms with van der Waals surface area (Å²) in [6.45, 7) is 0.950. The minimum absolute atomic E-state index is 0.166. The van der Waals surface area contributed by atoms with Crippen LogP contribution in [0.1, 0.15) is 19.3 Å². The third-order valence-corrected chi connectivity index (χ3v) is 2.77. The lowest BCUT2D eigenvalue weighted by Crippen LogP contribution is -2.38. The highest BCUT2D eigenvalue weighted by atomic mass is 16.5. The molecule has 0 aromatic rings. The summed E-state index contributed by atoms with van der Waals surface area (Å²) in [5, 5.41) is 2.97. The first-order chi connectivity index (χ1) is 6.69. The van der Waals surface area contributed by atoms with E-state index in [4.69, 9.17) is 4.74 Å². The summed E-state index contributed by atoms with van der Waals surface area (Å²) < 4.78 is 4.69. The van der Waals surface area contributed by atoms with Crippen LogP contribution in [0, 0.1) is 0 Å². The lowest BCUT2D eigenvalue weighted by atomic mass is 10.2.